The van der Waals surface area contributed by atoms with Crippen LogP contribution in [-0.4, -0.2) is 17.1 Å². The average Bonchev–Trinajstić information content (AvgIpc) is 2.43. The maximum Gasteiger partial charge on any atom is 0.161 e. The zero-order chi connectivity index (χ0) is 15.6. The molecular formula is C15H15Cl2IN2O. The van der Waals surface area contributed by atoms with Crippen molar-refractivity contribution in [3.05, 3.63) is 37.6 Å². The molecule has 0 saturated heterocycles. The third kappa shape index (κ3) is 3.99. The lowest BCUT2D eigenvalue weighted by Gasteiger charge is -2.11. The van der Waals surface area contributed by atoms with Crippen LogP contribution in [0.2, 0.25) is 10.2 Å². The smallest absolute Gasteiger partial charge is 0.161 e. The van der Waals surface area contributed by atoms with Crippen LogP contribution in [0, 0.1) is 9.49 Å². The Hall–Kier alpha value is -0.590. The predicted molar refractivity (Wildman–Crippen MR) is 95.3 cm³/mol. The first-order valence-corrected chi connectivity index (χ1v) is 8.31. The van der Waals surface area contributed by atoms with E-state index in [-0.39, 0.29) is 0 Å². The number of nitrogens with zero attached hydrogens (tertiary/aromatic N) is 2. The number of hydrogen-bond donors (Lipinski definition) is 0. The highest BCUT2D eigenvalue weighted by molar-refractivity contribution is 14.1. The molecule has 0 unspecified atom stereocenters. The highest BCUT2D eigenvalue weighted by Crippen LogP contribution is 2.30. The molecule has 0 N–H and O–H groups in total. The number of rotatable bonds is 4. The van der Waals surface area contributed by atoms with Crippen molar-refractivity contribution in [2.24, 2.45) is 5.92 Å². The number of ether oxygens (including phenoxy) is 1. The molecule has 0 amide bonds. The minimum atomic E-state index is 0.475. The van der Waals surface area contributed by atoms with E-state index < -0.39 is 0 Å². The lowest BCUT2D eigenvalue weighted by atomic mass is 10.1. The lowest BCUT2D eigenvalue weighted by Crippen LogP contribution is -2.04. The Kier molecular flexibility index (Phi) is 5.68. The second kappa shape index (κ2) is 7.11. The molecule has 1 heterocycles. The van der Waals surface area contributed by atoms with Gasteiger partial charge in [0.2, 0.25) is 0 Å². The molecule has 1 aromatic carbocycles. The quantitative estimate of drug-likeness (QED) is 0.484. The Morgan fingerprint density at radius 1 is 1.24 bits per heavy atom. The number of benzene rings is 1. The molecule has 0 spiro atoms. The molecule has 6 heteroatoms. The van der Waals surface area contributed by atoms with Gasteiger partial charge in [-0.2, -0.15) is 0 Å². The lowest BCUT2D eigenvalue weighted by molar-refractivity contribution is 0.415. The van der Waals surface area contributed by atoms with Gasteiger partial charge in [0.25, 0.3) is 0 Å². The fraction of sp³-hybridized carbons (Fsp3) is 0.333. The summed E-state index contributed by atoms with van der Waals surface area (Å²) in [6.07, 6.45) is 0.859. The number of methoxy groups -OCH3 is 1. The molecule has 0 aliphatic rings. The minimum Gasteiger partial charge on any atom is -0.495 e. The highest BCUT2D eigenvalue weighted by Gasteiger charge is 2.14. The summed E-state index contributed by atoms with van der Waals surface area (Å²) in [5.74, 6) is 1.71. The molecule has 0 radical (unpaired) electrons. The Balaban J connectivity index is 2.49. The molecule has 0 aliphatic carbocycles. The first kappa shape index (κ1) is 16.8. The number of hydrogen-bond acceptors (Lipinski definition) is 3. The Bertz CT molecular complexity index is 662. The molecule has 3 nitrogen and oxygen atoms in total. The third-order valence-electron chi connectivity index (χ3n) is 2.89. The Labute approximate surface area is 148 Å². The summed E-state index contributed by atoms with van der Waals surface area (Å²) in [4.78, 5) is 8.99. The van der Waals surface area contributed by atoms with Crippen LogP contribution in [-0.2, 0) is 6.42 Å². The van der Waals surface area contributed by atoms with E-state index in [9.17, 15) is 0 Å². The molecule has 2 rings (SSSR count). The van der Waals surface area contributed by atoms with Crippen molar-refractivity contribution in [3.8, 4) is 17.1 Å². The van der Waals surface area contributed by atoms with E-state index in [1.807, 2.05) is 6.07 Å². The van der Waals surface area contributed by atoms with Gasteiger partial charge < -0.3 is 4.74 Å². The molecule has 0 atom stereocenters. The van der Waals surface area contributed by atoms with Gasteiger partial charge in [-0.05, 0) is 53.1 Å². The topological polar surface area (TPSA) is 35.0 Å². The first-order chi connectivity index (χ1) is 9.92. The highest BCUT2D eigenvalue weighted by atomic mass is 127. The van der Waals surface area contributed by atoms with Gasteiger partial charge in [-0.25, -0.2) is 9.97 Å². The van der Waals surface area contributed by atoms with Gasteiger partial charge >= 0.3 is 0 Å². The molecule has 2 aromatic rings. The van der Waals surface area contributed by atoms with Gasteiger partial charge in [0.15, 0.2) is 5.82 Å². The summed E-state index contributed by atoms with van der Waals surface area (Å²) in [6.45, 7) is 4.30. The first-order valence-electron chi connectivity index (χ1n) is 6.48. The molecule has 1 aromatic heterocycles. The summed E-state index contributed by atoms with van der Waals surface area (Å²) in [5, 5.41) is 1.00. The standard InChI is InChI=1S/C15H15Cl2IN2O/c1-8(2)6-11-13(18)14(17)20-15(19-11)9-4-5-12(21-3)10(16)7-9/h4-5,7-8H,6H2,1-3H3. The van der Waals surface area contributed by atoms with E-state index in [1.165, 1.54) is 0 Å². The van der Waals surface area contributed by atoms with Crippen LogP contribution in [0.25, 0.3) is 11.4 Å². The maximum atomic E-state index is 6.23. The fourth-order valence-corrected chi connectivity index (χ4v) is 2.83. The van der Waals surface area contributed by atoms with Gasteiger partial charge in [-0.15, -0.1) is 0 Å². The van der Waals surface area contributed by atoms with Gasteiger partial charge in [0.05, 0.1) is 21.4 Å². The molecule has 0 fully saturated rings. The third-order valence-corrected chi connectivity index (χ3v) is 4.91. The van der Waals surface area contributed by atoms with E-state index >= 15 is 0 Å². The van der Waals surface area contributed by atoms with Crippen LogP contribution < -0.4 is 4.74 Å². The Morgan fingerprint density at radius 2 is 1.95 bits per heavy atom. The van der Waals surface area contributed by atoms with Crippen molar-refractivity contribution in [1.82, 2.24) is 9.97 Å². The molecule has 0 saturated carbocycles. The van der Waals surface area contributed by atoms with E-state index in [1.54, 1.807) is 19.2 Å². The predicted octanol–water partition coefficient (Wildman–Crippen LogP) is 5.26. The van der Waals surface area contributed by atoms with E-state index in [4.69, 9.17) is 27.9 Å². The van der Waals surface area contributed by atoms with Crippen LogP contribution in [0.3, 0.4) is 0 Å². The second-order valence-corrected chi connectivity index (χ2v) is 6.89. The monoisotopic (exact) mass is 436 g/mol. The molecule has 0 aliphatic heterocycles. The van der Waals surface area contributed by atoms with Crippen molar-refractivity contribution in [3.63, 3.8) is 0 Å². The zero-order valence-corrected chi connectivity index (χ0v) is 15.6. The minimum absolute atomic E-state index is 0.475. The summed E-state index contributed by atoms with van der Waals surface area (Å²) in [7, 11) is 1.58. The Morgan fingerprint density at radius 3 is 2.52 bits per heavy atom. The zero-order valence-electron chi connectivity index (χ0n) is 12.0. The molecule has 0 bridgehead atoms. The normalized spacial score (nSPS) is 11.0. The van der Waals surface area contributed by atoms with Crippen LogP contribution in [0.4, 0.5) is 0 Å². The van der Waals surface area contributed by atoms with Crippen LogP contribution in [0.1, 0.15) is 19.5 Å². The van der Waals surface area contributed by atoms with Crippen molar-refractivity contribution < 1.29 is 4.74 Å². The number of halogens is 3. The molecular weight excluding hydrogens is 422 g/mol. The van der Waals surface area contributed by atoms with E-state index in [0.29, 0.717) is 27.7 Å². The van der Waals surface area contributed by atoms with Crippen LogP contribution in [0.15, 0.2) is 18.2 Å². The second-order valence-electron chi connectivity index (χ2n) is 5.05. The average molecular weight is 437 g/mol. The van der Waals surface area contributed by atoms with Crippen LogP contribution in [0.5, 0.6) is 5.75 Å². The van der Waals surface area contributed by atoms with E-state index in [0.717, 1.165) is 21.2 Å². The van der Waals surface area contributed by atoms with Gasteiger partial charge in [-0.1, -0.05) is 37.0 Å². The van der Waals surface area contributed by atoms with Crippen molar-refractivity contribution >= 4 is 45.8 Å². The van der Waals surface area contributed by atoms with E-state index in [2.05, 4.69) is 46.4 Å². The fourth-order valence-electron chi connectivity index (χ4n) is 1.92. The largest absolute Gasteiger partial charge is 0.495 e. The maximum absolute atomic E-state index is 6.23. The molecule has 21 heavy (non-hydrogen) atoms. The molecule has 112 valence electrons. The van der Waals surface area contributed by atoms with Crippen molar-refractivity contribution in [1.29, 1.82) is 0 Å². The SMILES string of the molecule is COc1ccc(-c2nc(Cl)c(I)c(CC(C)C)n2)cc1Cl. The van der Waals surface area contributed by atoms with Crippen LogP contribution >= 0.6 is 45.8 Å². The summed E-state index contributed by atoms with van der Waals surface area (Å²) in [5.41, 5.74) is 1.79. The summed E-state index contributed by atoms with van der Waals surface area (Å²) >= 11 is 14.6. The summed E-state index contributed by atoms with van der Waals surface area (Å²) in [6, 6.07) is 5.47. The van der Waals surface area contributed by atoms with Crippen molar-refractivity contribution in [2.75, 3.05) is 7.11 Å². The summed E-state index contributed by atoms with van der Waals surface area (Å²) < 4.78 is 6.06. The van der Waals surface area contributed by atoms with Gasteiger partial charge in [0.1, 0.15) is 10.9 Å². The van der Waals surface area contributed by atoms with Gasteiger partial charge in [0, 0.05) is 5.56 Å². The van der Waals surface area contributed by atoms with Gasteiger partial charge in [-0.3, -0.25) is 0 Å². The number of aromatic nitrogens is 2. The van der Waals surface area contributed by atoms with Crippen molar-refractivity contribution in [2.45, 2.75) is 20.3 Å².